The minimum atomic E-state index is -0.274. The average Bonchev–Trinajstić information content (AvgIpc) is 3.13. The second kappa shape index (κ2) is 9.71. The number of rotatable bonds is 2. The Morgan fingerprint density at radius 1 is 1.14 bits per heavy atom. The normalized spacial score (nSPS) is 15.8. The molecule has 2 heterocycles. The smallest absolute Gasteiger partial charge is 0.277 e. The van der Waals surface area contributed by atoms with E-state index in [1.165, 1.54) is 43.4 Å². The lowest BCUT2D eigenvalue weighted by molar-refractivity contribution is 0.102. The second-order valence-electron chi connectivity index (χ2n) is 7.47. The van der Waals surface area contributed by atoms with Gasteiger partial charge in [0.25, 0.3) is 5.91 Å². The van der Waals surface area contributed by atoms with Crippen LogP contribution in [-0.4, -0.2) is 15.7 Å². The van der Waals surface area contributed by atoms with E-state index in [1.54, 1.807) is 16.0 Å². The largest absolute Gasteiger partial charge is 0.311 e. The maximum atomic E-state index is 12.8. The molecular weight excluding hydrogens is 436 g/mol. The molecule has 3 rings (SSSR count). The van der Waals surface area contributed by atoms with E-state index in [9.17, 15) is 10.1 Å². The van der Waals surface area contributed by atoms with Crippen LogP contribution in [0.5, 0.6) is 0 Å². The van der Waals surface area contributed by atoms with Crippen molar-refractivity contribution in [2.24, 2.45) is 7.05 Å². The van der Waals surface area contributed by atoms with Crippen LogP contribution in [0.25, 0.3) is 0 Å². The molecule has 0 unspecified atom stereocenters. The van der Waals surface area contributed by atoms with Gasteiger partial charge in [-0.05, 0) is 54.1 Å². The van der Waals surface area contributed by atoms with E-state index in [0.29, 0.717) is 20.7 Å². The van der Waals surface area contributed by atoms with Gasteiger partial charge in [0.2, 0.25) is 0 Å². The van der Waals surface area contributed by atoms with Crippen LogP contribution in [0, 0.1) is 18.3 Å². The predicted octanol–water partition coefficient (Wildman–Crippen LogP) is 5.90. The molecule has 2 aromatic rings. The SMILES string of the molecule is Cc1c(Br)c(C(=O)Nc2sc3c(c2C#N)CCCCCCCCCC3)nn1C. The lowest BCUT2D eigenvalue weighted by atomic mass is 9.98. The van der Waals surface area contributed by atoms with Crippen molar-refractivity contribution in [3.63, 3.8) is 0 Å². The van der Waals surface area contributed by atoms with Crippen molar-refractivity contribution in [3.8, 4) is 6.07 Å². The maximum Gasteiger partial charge on any atom is 0.277 e. The van der Waals surface area contributed by atoms with Gasteiger partial charge >= 0.3 is 0 Å². The van der Waals surface area contributed by atoms with Crippen molar-refractivity contribution in [1.29, 1.82) is 5.26 Å². The summed E-state index contributed by atoms with van der Waals surface area (Å²) in [5.41, 5.74) is 3.05. The van der Waals surface area contributed by atoms with Crippen molar-refractivity contribution >= 4 is 38.2 Å². The molecule has 1 amide bonds. The van der Waals surface area contributed by atoms with Crippen molar-refractivity contribution in [2.75, 3.05) is 5.32 Å². The minimum Gasteiger partial charge on any atom is -0.311 e. The van der Waals surface area contributed by atoms with Gasteiger partial charge in [-0.3, -0.25) is 9.48 Å². The number of thiophene rings is 1. The number of hydrogen-bond donors (Lipinski definition) is 1. The number of aryl methyl sites for hydroxylation is 2. The number of amides is 1. The van der Waals surface area contributed by atoms with Crippen LogP contribution in [0.2, 0.25) is 0 Å². The van der Waals surface area contributed by atoms with Gasteiger partial charge in [0, 0.05) is 11.9 Å². The Labute approximate surface area is 179 Å². The Balaban J connectivity index is 1.86. The summed E-state index contributed by atoms with van der Waals surface area (Å²) < 4.78 is 2.37. The summed E-state index contributed by atoms with van der Waals surface area (Å²) in [5.74, 6) is -0.274. The van der Waals surface area contributed by atoms with Crippen molar-refractivity contribution in [3.05, 3.63) is 31.9 Å². The van der Waals surface area contributed by atoms with Gasteiger partial charge in [0.15, 0.2) is 5.69 Å². The Kier molecular flexibility index (Phi) is 7.30. The highest BCUT2D eigenvalue weighted by Gasteiger charge is 2.23. The number of fused-ring (bicyclic) bond motifs is 1. The maximum absolute atomic E-state index is 12.8. The fourth-order valence-corrected chi connectivity index (χ4v) is 5.47. The topological polar surface area (TPSA) is 70.7 Å². The zero-order valence-corrected chi connectivity index (χ0v) is 19.0. The fraction of sp³-hybridized carbons (Fsp3) is 0.571. The number of aromatic nitrogens is 2. The van der Waals surface area contributed by atoms with Gasteiger partial charge in [-0.1, -0.05) is 38.5 Å². The number of nitrogens with one attached hydrogen (secondary N) is 1. The monoisotopic (exact) mass is 462 g/mol. The highest BCUT2D eigenvalue weighted by Crippen LogP contribution is 2.36. The Morgan fingerprint density at radius 3 is 2.32 bits per heavy atom. The van der Waals surface area contributed by atoms with E-state index >= 15 is 0 Å². The van der Waals surface area contributed by atoms with Gasteiger partial charge in [-0.15, -0.1) is 11.3 Å². The fourth-order valence-electron chi connectivity index (χ4n) is 3.72. The molecule has 0 aliphatic heterocycles. The molecule has 0 fully saturated rings. The molecule has 5 nitrogen and oxygen atoms in total. The molecule has 1 aliphatic carbocycles. The summed E-state index contributed by atoms with van der Waals surface area (Å²) >= 11 is 5.03. The highest BCUT2D eigenvalue weighted by atomic mass is 79.9. The first kappa shape index (κ1) is 21.1. The van der Waals surface area contributed by atoms with Gasteiger partial charge in [-0.2, -0.15) is 10.4 Å². The number of hydrogen-bond acceptors (Lipinski definition) is 4. The number of nitrogens with zero attached hydrogens (tertiary/aromatic N) is 3. The molecule has 0 saturated heterocycles. The van der Waals surface area contributed by atoms with E-state index in [0.717, 1.165) is 36.9 Å². The first-order valence-corrected chi connectivity index (χ1v) is 11.7. The lowest BCUT2D eigenvalue weighted by Gasteiger charge is -2.08. The molecule has 1 aliphatic rings. The average molecular weight is 463 g/mol. The molecule has 0 aromatic carbocycles. The van der Waals surface area contributed by atoms with Crippen LogP contribution < -0.4 is 5.32 Å². The second-order valence-corrected chi connectivity index (χ2v) is 9.37. The summed E-state index contributed by atoms with van der Waals surface area (Å²) in [7, 11) is 1.81. The summed E-state index contributed by atoms with van der Waals surface area (Å²) in [6.07, 6.45) is 11.9. The van der Waals surface area contributed by atoms with Crippen LogP contribution >= 0.6 is 27.3 Å². The van der Waals surface area contributed by atoms with Crippen LogP contribution in [0.3, 0.4) is 0 Å². The first-order valence-electron chi connectivity index (χ1n) is 10.1. The number of halogens is 1. The number of carbonyl (C=O) groups is 1. The third-order valence-electron chi connectivity index (χ3n) is 5.49. The molecule has 0 atom stereocenters. The summed E-state index contributed by atoms with van der Waals surface area (Å²) in [6.45, 7) is 1.91. The quantitative estimate of drug-likeness (QED) is 0.603. The Hall–Kier alpha value is -1.65. The Morgan fingerprint density at radius 2 is 1.75 bits per heavy atom. The predicted molar refractivity (Wildman–Crippen MR) is 117 cm³/mol. The molecule has 2 aromatic heterocycles. The van der Waals surface area contributed by atoms with E-state index in [-0.39, 0.29) is 5.91 Å². The highest BCUT2D eigenvalue weighted by molar-refractivity contribution is 9.10. The van der Waals surface area contributed by atoms with Crippen LogP contribution in [0.4, 0.5) is 5.00 Å². The van der Waals surface area contributed by atoms with E-state index < -0.39 is 0 Å². The number of carbonyl (C=O) groups excluding carboxylic acids is 1. The zero-order valence-electron chi connectivity index (χ0n) is 16.6. The van der Waals surface area contributed by atoms with Crippen molar-refractivity contribution < 1.29 is 4.79 Å². The zero-order chi connectivity index (χ0) is 20.1. The molecule has 0 radical (unpaired) electrons. The molecule has 1 N–H and O–H groups in total. The van der Waals surface area contributed by atoms with Gasteiger partial charge < -0.3 is 5.32 Å². The molecule has 7 heteroatoms. The Bertz CT molecular complexity index is 893. The van der Waals surface area contributed by atoms with E-state index in [1.807, 2.05) is 14.0 Å². The van der Waals surface area contributed by atoms with Gasteiger partial charge in [0.1, 0.15) is 11.1 Å². The first-order chi connectivity index (χ1) is 13.5. The third kappa shape index (κ3) is 4.66. The molecule has 150 valence electrons. The molecule has 28 heavy (non-hydrogen) atoms. The van der Waals surface area contributed by atoms with E-state index in [2.05, 4.69) is 32.4 Å². The summed E-state index contributed by atoms with van der Waals surface area (Å²) in [6, 6.07) is 2.36. The van der Waals surface area contributed by atoms with Crippen LogP contribution in [-0.2, 0) is 19.9 Å². The van der Waals surface area contributed by atoms with E-state index in [4.69, 9.17) is 0 Å². The minimum absolute atomic E-state index is 0.274. The lowest BCUT2D eigenvalue weighted by Crippen LogP contribution is -2.13. The molecule has 0 saturated carbocycles. The van der Waals surface area contributed by atoms with Gasteiger partial charge in [0.05, 0.1) is 15.7 Å². The van der Waals surface area contributed by atoms with Crippen molar-refractivity contribution in [2.45, 2.75) is 71.1 Å². The molecule has 0 spiro atoms. The number of nitriles is 1. The van der Waals surface area contributed by atoms with Crippen LogP contribution in [0.1, 0.15) is 83.6 Å². The van der Waals surface area contributed by atoms with Crippen LogP contribution in [0.15, 0.2) is 4.47 Å². The molecule has 0 bridgehead atoms. The number of anilines is 1. The standard InChI is InChI=1S/C21H27BrN4OS/c1-14-18(22)19(25-26(14)2)20(27)24-21-16(13-23)15-11-9-7-5-3-4-6-8-10-12-17(15)28-21/h3-12H2,1-2H3,(H,24,27). The molecular formula is C21H27BrN4OS. The van der Waals surface area contributed by atoms with Gasteiger partial charge in [-0.25, -0.2) is 0 Å². The third-order valence-corrected chi connectivity index (χ3v) is 7.64. The van der Waals surface area contributed by atoms with Crippen molar-refractivity contribution in [1.82, 2.24) is 9.78 Å². The summed E-state index contributed by atoms with van der Waals surface area (Å²) in [4.78, 5) is 14.1. The summed E-state index contributed by atoms with van der Waals surface area (Å²) in [5, 5.41) is 17.7.